The van der Waals surface area contributed by atoms with Gasteiger partial charge in [-0.05, 0) is 38.5 Å². The van der Waals surface area contributed by atoms with Crippen molar-refractivity contribution in [3.63, 3.8) is 0 Å². The Kier molecular flexibility index (Phi) is 10.8. The van der Waals surface area contributed by atoms with Crippen LogP contribution in [-0.4, -0.2) is 43.7 Å². The van der Waals surface area contributed by atoms with Crippen molar-refractivity contribution in [3.8, 4) is 0 Å². The number of aliphatic imine (C=N–C) groups is 1. The van der Waals surface area contributed by atoms with Crippen molar-refractivity contribution in [2.75, 3.05) is 32.8 Å². The van der Waals surface area contributed by atoms with E-state index in [0.717, 1.165) is 57.6 Å². The highest BCUT2D eigenvalue weighted by Gasteiger charge is 2.16. The van der Waals surface area contributed by atoms with Gasteiger partial charge in [-0.1, -0.05) is 6.92 Å². The van der Waals surface area contributed by atoms with E-state index in [-0.39, 0.29) is 24.0 Å². The number of unbranched alkanes of at least 4 members (excludes halogenated alkanes) is 1. The van der Waals surface area contributed by atoms with Gasteiger partial charge in [0.1, 0.15) is 0 Å². The summed E-state index contributed by atoms with van der Waals surface area (Å²) in [6.45, 7) is 8.92. The number of likely N-dealkylation sites (tertiary alicyclic amines) is 1. The molecule has 1 aliphatic rings. The van der Waals surface area contributed by atoms with E-state index in [2.05, 4.69) is 16.8 Å². The third-order valence-corrected chi connectivity index (χ3v) is 3.28. The minimum Gasteiger partial charge on any atom is -0.382 e. The topological polar surface area (TPSA) is 50.9 Å². The maximum atomic E-state index is 5.98. The number of rotatable bonds is 6. The molecular formula is C13H28IN3O. The molecule has 0 spiro atoms. The summed E-state index contributed by atoms with van der Waals surface area (Å²) in [7, 11) is 0. The fourth-order valence-electron chi connectivity index (χ4n) is 1.99. The number of hydrogen-bond acceptors (Lipinski definition) is 2. The number of guanidine groups is 1. The molecule has 18 heavy (non-hydrogen) atoms. The van der Waals surface area contributed by atoms with Crippen LogP contribution in [0.5, 0.6) is 0 Å². The number of nitrogens with zero attached hydrogens (tertiary/aromatic N) is 2. The van der Waals surface area contributed by atoms with Crippen molar-refractivity contribution in [2.24, 2.45) is 16.6 Å². The van der Waals surface area contributed by atoms with Gasteiger partial charge in [-0.25, -0.2) is 0 Å². The van der Waals surface area contributed by atoms with Crippen molar-refractivity contribution in [3.05, 3.63) is 0 Å². The molecule has 0 unspecified atom stereocenters. The molecule has 0 atom stereocenters. The van der Waals surface area contributed by atoms with E-state index < -0.39 is 0 Å². The molecule has 1 fully saturated rings. The number of hydrogen-bond donors (Lipinski definition) is 1. The predicted octanol–water partition coefficient (Wildman–Crippen LogP) is 2.47. The van der Waals surface area contributed by atoms with Gasteiger partial charge >= 0.3 is 0 Å². The van der Waals surface area contributed by atoms with Gasteiger partial charge in [0.15, 0.2) is 5.96 Å². The van der Waals surface area contributed by atoms with Crippen molar-refractivity contribution in [1.29, 1.82) is 0 Å². The van der Waals surface area contributed by atoms with Gasteiger partial charge in [-0.15, -0.1) is 24.0 Å². The average molecular weight is 369 g/mol. The molecule has 5 heteroatoms. The zero-order chi connectivity index (χ0) is 12.5. The molecular weight excluding hydrogens is 341 g/mol. The number of nitrogens with two attached hydrogens (primary N) is 1. The van der Waals surface area contributed by atoms with E-state index in [0.29, 0.717) is 0 Å². The van der Waals surface area contributed by atoms with E-state index in [9.17, 15) is 0 Å². The molecule has 2 N–H and O–H groups in total. The van der Waals surface area contributed by atoms with Crippen LogP contribution in [0.4, 0.5) is 0 Å². The van der Waals surface area contributed by atoms with Crippen LogP contribution < -0.4 is 5.73 Å². The zero-order valence-electron chi connectivity index (χ0n) is 11.7. The molecule has 4 nitrogen and oxygen atoms in total. The Labute approximate surface area is 128 Å². The summed E-state index contributed by atoms with van der Waals surface area (Å²) in [5.41, 5.74) is 5.98. The van der Waals surface area contributed by atoms with Gasteiger partial charge in [0.05, 0.1) is 0 Å². The molecule has 108 valence electrons. The van der Waals surface area contributed by atoms with E-state index in [1.807, 2.05) is 6.92 Å². The van der Waals surface area contributed by atoms with E-state index in [1.54, 1.807) is 0 Å². The molecule has 1 heterocycles. The Bertz CT molecular complexity index is 228. The lowest BCUT2D eigenvalue weighted by Crippen LogP contribution is -2.42. The molecule has 0 saturated carbocycles. The fourth-order valence-corrected chi connectivity index (χ4v) is 1.99. The van der Waals surface area contributed by atoms with Crippen LogP contribution in [0.2, 0.25) is 0 Å². The van der Waals surface area contributed by atoms with Gasteiger partial charge in [0.2, 0.25) is 0 Å². The van der Waals surface area contributed by atoms with Crippen LogP contribution in [0, 0.1) is 5.92 Å². The predicted molar refractivity (Wildman–Crippen MR) is 87.6 cm³/mol. The SMILES string of the molecule is CCOCCCCN=C(N)N1CCC(C)CC1.I. The first kappa shape index (κ1) is 18.0. The van der Waals surface area contributed by atoms with Crippen molar-refractivity contribution in [2.45, 2.75) is 39.5 Å². The van der Waals surface area contributed by atoms with Crippen LogP contribution >= 0.6 is 24.0 Å². The van der Waals surface area contributed by atoms with Gasteiger partial charge in [0.25, 0.3) is 0 Å². The fraction of sp³-hybridized carbons (Fsp3) is 0.923. The quantitative estimate of drug-likeness (QED) is 0.339. The average Bonchev–Trinajstić information content (AvgIpc) is 2.34. The van der Waals surface area contributed by atoms with Crippen LogP contribution in [0.25, 0.3) is 0 Å². The maximum absolute atomic E-state index is 5.98. The smallest absolute Gasteiger partial charge is 0.191 e. The summed E-state index contributed by atoms with van der Waals surface area (Å²) >= 11 is 0. The lowest BCUT2D eigenvalue weighted by atomic mass is 10.00. The second-order valence-electron chi connectivity index (χ2n) is 4.81. The van der Waals surface area contributed by atoms with E-state index in [4.69, 9.17) is 10.5 Å². The zero-order valence-corrected chi connectivity index (χ0v) is 14.1. The van der Waals surface area contributed by atoms with Crippen molar-refractivity contribution < 1.29 is 4.74 Å². The lowest BCUT2D eigenvalue weighted by Gasteiger charge is -2.31. The molecule has 0 radical (unpaired) electrons. The Morgan fingerprint density at radius 2 is 2.00 bits per heavy atom. The normalized spacial score (nSPS) is 17.7. The van der Waals surface area contributed by atoms with Gasteiger partial charge in [-0.2, -0.15) is 0 Å². The molecule has 0 amide bonds. The van der Waals surface area contributed by atoms with Crippen molar-refractivity contribution in [1.82, 2.24) is 4.90 Å². The Morgan fingerprint density at radius 1 is 1.33 bits per heavy atom. The highest BCUT2D eigenvalue weighted by Crippen LogP contribution is 2.15. The van der Waals surface area contributed by atoms with Crippen LogP contribution in [0.1, 0.15) is 39.5 Å². The third-order valence-electron chi connectivity index (χ3n) is 3.28. The molecule has 1 saturated heterocycles. The first-order chi connectivity index (χ1) is 8.24. The summed E-state index contributed by atoms with van der Waals surface area (Å²) in [6, 6.07) is 0. The largest absolute Gasteiger partial charge is 0.382 e. The molecule has 0 aromatic heterocycles. The first-order valence-electron chi connectivity index (χ1n) is 6.86. The summed E-state index contributed by atoms with van der Waals surface area (Å²) < 4.78 is 5.28. The third kappa shape index (κ3) is 7.41. The molecule has 0 aromatic rings. The Hall–Kier alpha value is -0.0400. The number of halogens is 1. The highest BCUT2D eigenvalue weighted by atomic mass is 127. The van der Waals surface area contributed by atoms with Gasteiger partial charge < -0.3 is 15.4 Å². The maximum Gasteiger partial charge on any atom is 0.191 e. The molecule has 0 aromatic carbocycles. The second-order valence-corrected chi connectivity index (χ2v) is 4.81. The number of ether oxygens (including phenoxy) is 1. The minimum atomic E-state index is 0. The van der Waals surface area contributed by atoms with E-state index >= 15 is 0 Å². The Morgan fingerprint density at radius 3 is 2.61 bits per heavy atom. The van der Waals surface area contributed by atoms with Gasteiger partial charge in [-0.3, -0.25) is 4.99 Å². The second kappa shape index (κ2) is 10.8. The standard InChI is InChI=1S/C13H27N3O.HI/c1-3-17-11-5-4-8-15-13(14)16-9-6-12(2)7-10-16;/h12H,3-11H2,1-2H3,(H2,14,15);1H. The van der Waals surface area contributed by atoms with Crippen molar-refractivity contribution >= 4 is 29.9 Å². The van der Waals surface area contributed by atoms with Gasteiger partial charge in [0, 0.05) is 32.8 Å². The van der Waals surface area contributed by atoms with E-state index in [1.165, 1.54) is 12.8 Å². The Balaban J connectivity index is 0.00000289. The van der Waals surface area contributed by atoms with Crippen LogP contribution in [0.15, 0.2) is 4.99 Å². The monoisotopic (exact) mass is 369 g/mol. The lowest BCUT2D eigenvalue weighted by molar-refractivity contribution is 0.144. The molecule has 0 aliphatic carbocycles. The molecule has 1 aliphatic heterocycles. The molecule has 1 rings (SSSR count). The summed E-state index contributed by atoms with van der Waals surface area (Å²) in [5, 5.41) is 0. The first-order valence-corrected chi connectivity index (χ1v) is 6.86. The van der Waals surface area contributed by atoms with Crippen LogP contribution in [0.3, 0.4) is 0 Å². The minimum absolute atomic E-state index is 0. The highest BCUT2D eigenvalue weighted by molar-refractivity contribution is 14.0. The van der Waals surface area contributed by atoms with Crippen LogP contribution in [-0.2, 0) is 4.74 Å². The summed E-state index contributed by atoms with van der Waals surface area (Å²) in [4.78, 5) is 6.65. The summed E-state index contributed by atoms with van der Waals surface area (Å²) in [6.07, 6.45) is 4.60. The number of piperidine rings is 1. The summed E-state index contributed by atoms with van der Waals surface area (Å²) in [5.74, 6) is 1.57. The molecule has 0 bridgehead atoms.